The molecule has 1 amide bonds. The number of carbonyl (C=O) groups is 1. The number of anilines is 1. The molecular formula is C13H21N5O. The average molecular weight is 263 g/mol. The average Bonchev–Trinajstić information content (AvgIpc) is 2.61. The number of hydrogen-bond donors (Lipinski definition) is 0. The van der Waals surface area contributed by atoms with E-state index in [1.807, 2.05) is 20.2 Å². The Balaban J connectivity index is 2.16. The van der Waals surface area contributed by atoms with Crippen LogP contribution in [-0.4, -0.2) is 73.0 Å². The summed E-state index contributed by atoms with van der Waals surface area (Å²) in [4.78, 5) is 26.5. The Kier molecular flexibility index (Phi) is 4.31. The second kappa shape index (κ2) is 5.97. The highest BCUT2D eigenvalue weighted by molar-refractivity contribution is 5.79. The molecule has 0 radical (unpaired) electrons. The number of aromatic nitrogens is 2. The molecule has 0 aliphatic carbocycles. The Labute approximate surface area is 114 Å². The Hall–Kier alpha value is -1.69. The van der Waals surface area contributed by atoms with Gasteiger partial charge in [0.2, 0.25) is 5.91 Å². The lowest BCUT2D eigenvalue weighted by Gasteiger charge is -2.26. The molecule has 2 rings (SSSR count). The smallest absolute Gasteiger partial charge is 0.228 e. The van der Waals surface area contributed by atoms with Gasteiger partial charge < -0.3 is 14.7 Å². The van der Waals surface area contributed by atoms with Gasteiger partial charge in [0.1, 0.15) is 12.1 Å². The standard InChI is InChI=1S/C13H21N5O/c1-16(2)13(19)11-8-17(3)6-7-18(9-11)12-4-5-14-10-15-12/h4-5,10-11H,6-9H2,1-3H3/t11-/m0/s1. The topological polar surface area (TPSA) is 52.6 Å². The van der Waals surface area contributed by atoms with E-state index in [4.69, 9.17) is 0 Å². The van der Waals surface area contributed by atoms with Gasteiger partial charge in [0.05, 0.1) is 5.92 Å². The Bertz CT molecular complexity index is 422. The van der Waals surface area contributed by atoms with Crippen LogP contribution in [0, 0.1) is 5.92 Å². The first-order chi connectivity index (χ1) is 9.08. The van der Waals surface area contributed by atoms with E-state index in [1.54, 1.807) is 17.4 Å². The Morgan fingerprint density at radius 1 is 1.37 bits per heavy atom. The van der Waals surface area contributed by atoms with Crippen molar-refractivity contribution in [3.63, 3.8) is 0 Å². The van der Waals surface area contributed by atoms with Crippen molar-refractivity contribution < 1.29 is 4.79 Å². The number of rotatable bonds is 2. The molecule has 0 spiro atoms. The molecule has 1 aromatic rings. The van der Waals surface area contributed by atoms with Gasteiger partial charge in [0, 0.05) is 46.5 Å². The van der Waals surface area contributed by atoms with Gasteiger partial charge in [-0.05, 0) is 13.1 Å². The first-order valence-electron chi connectivity index (χ1n) is 6.48. The molecule has 1 aliphatic heterocycles. The quantitative estimate of drug-likeness (QED) is 0.748. The molecule has 0 N–H and O–H groups in total. The summed E-state index contributed by atoms with van der Waals surface area (Å²) in [5.74, 6) is 1.05. The highest BCUT2D eigenvalue weighted by Crippen LogP contribution is 2.16. The number of amides is 1. The van der Waals surface area contributed by atoms with Gasteiger partial charge in [0.25, 0.3) is 0 Å². The minimum absolute atomic E-state index is 0.0162. The highest BCUT2D eigenvalue weighted by Gasteiger charge is 2.28. The van der Waals surface area contributed by atoms with E-state index in [0.717, 1.165) is 25.5 Å². The van der Waals surface area contributed by atoms with Crippen molar-refractivity contribution in [3.05, 3.63) is 18.6 Å². The summed E-state index contributed by atoms with van der Waals surface area (Å²) in [6.07, 6.45) is 3.28. The van der Waals surface area contributed by atoms with Crippen molar-refractivity contribution in [1.82, 2.24) is 19.8 Å². The summed E-state index contributed by atoms with van der Waals surface area (Å²) in [6, 6.07) is 1.89. The lowest BCUT2D eigenvalue weighted by atomic mass is 10.1. The van der Waals surface area contributed by atoms with E-state index >= 15 is 0 Å². The van der Waals surface area contributed by atoms with Crippen LogP contribution in [0.25, 0.3) is 0 Å². The van der Waals surface area contributed by atoms with Gasteiger partial charge in [0.15, 0.2) is 0 Å². The molecule has 1 atom stereocenters. The zero-order chi connectivity index (χ0) is 13.8. The van der Waals surface area contributed by atoms with Crippen molar-refractivity contribution in [2.75, 3.05) is 52.2 Å². The fourth-order valence-electron chi connectivity index (χ4n) is 2.37. The minimum Gasteiger partial charge on any atom is -0.354 e. The molecule has 0 aromatic carbocycles. The lowest BCUT2D eigenvalue weighted by Crippen LogP contribution is -2.40. The third-order valence-corrected chi connectivity index (χ3v) is 3.40. The van der Waals surface area contributed by atoms with E-state index in [-0.39, 0.29) is 11.8 Å². The molecule has 104 valence electrons. The first kappa shape index (κ1) is 13.7. The van der Waals surface area contributed by atoms with Crippen LogP contribution in [0.4, 0.5) is 5.82 Å². The van der Waals surface area contributed by atoms with Crippen LogP contribution in [-0.2, 0) is 4.79 Å². The Morgan fingerprint density at radius 3 is 2.79 bits per heavy atom. The number of hydrogen-bond acceptors (Lipinski definition) is 5. The van der Waals surface area contributed by atoms with Crippen LogP contribution in [0.3, 0.4) is 0 Å². The van der Waals surface area contributed by atoms with Gasteiger partial charge in [-0.15, -0.1) is 0 Å². The van der Waals surface area contributed by atoms with Crippen LogP contribution in [0.15, 0.2) is 18.6 Å². The second-order valence-electron chi connectivity index (χ2n) is 5.21. The van der Waals surface area contributed by atoms with Crippen LogP contribution in [0.2, 0.25) is 0 Å². The van der Waals surface area contributed by atoms with Crippen molar-refractivity contribution in [1.29, 1.82) is 0 Å². The maximum atomic E-state index is 12.2. The summed E-state index contributed by atoms with van der Waals surface area (Å²) < 4.78 is 0. The van der Waals surface area contributed by atoms with E-state index < -0.39 is 0 Å². The Morgan fingerprint density at radius 2 is 2.16 bits per heavy atom. The van der Waals surface area contributed by atoms with E-state index in [0.29, 0.717) is 6.54 Å². The van der Waals surface area contributed by atoms with Crippen molar-refractivity contribution in [2.45, 2.75) is 0 Å². The summed E-state index contributed by atoms with van der Waals surface area (Å²) in [5, 5.41) is 0. The predicted octanol–water partition coefficient (Wildman–Crippen LogP) is -0.0672. The lowest BCUT2D eigenvalue weighted by molar-refractivity contribution is -0.133. The second-order valence-corrected chi connectivity index (χ2v) is 5.21. The molecule has 0 unspecified atom stereocenters. The largest absolute Gasteiger partial charge is 0.354 e. The third kappa shape index (κ3) is 3.41. The van der Waals surface area contributed by atoms with Crippen molar-refractivity contribution in [2.24, 2.45) is 5.92 Å². The summed E-state index contributed by atoms with van der Waals surface area (Å²) in [7, 11) is 5.67. The third-order valence-electron chi connectivity index (χ3n) is 3.40. The van der Waals surface area contributed by atoms with E-state index in [9.17, 15) is 4.79 Å². The maximum Gasteiger partial charge on any atom is 0.228 e. The zero-order valence-electron chi connectivity index (χ0n) is 11.8. The first-order valence-corrected chi connectivity index (χ1v) is 6.48. The molecule has 19 heavy (non-hydrogen) atoms. The number of carbonyl (C=O) groups excluding carboxylic acids is 1. The molecule has 1 saturated heterocycles. The van der Waals surface area contributed by atoms with Crippen LogP contribution >= 0.6 is 0 Å². The fraction of sp³-hybridized carbons (Fsp3) is 0.615. The van der Waals surface area contributed by atoms with Crippen molar-refractivity contribution >= 4 is 11.7 Å². The van der Waals surface area contributed by atoms with Gasteiger partial charge in [-0.2, -0.15) is 0 Å². The molecule has 1 aromatic heterocycles. The van der Waals surface area contributed by atoms with E-state index in [2.05, 4.69) is 26.8 Å². The van der Waals surface area contributed by atoms with Crippen LogP contribution < -0.4 is 4.90 Å². The normalized spacial score (nSPS) is 21.0. The van der Waals surface area contributed by atoms with Gasteiger partial charge >= 0.3 is 0 Å². The van der Waals surface area contributed by atoms with Crippen LogP contribution in [0.1, 0.15) is 0 Å². The molecular weight excluding hydrogens is 242 g/mol. The molecule has 0 saturated carbocycles. The maximum absolute atomic E-state index is 12.2. The van der Waals surface area contributed by atoms with Gasteiger partial charge in [-0.1, -0.05) is 0 Å². The predicted molar refractivity (Wildman–Crippen MR) is 73.9 cm³/mol. The van der Waals surface area contributed by atoms with Gasteiger partial charge in [-0.3, -0.25) is 4.79 Å². The molecule has 6 nitrogen and oxygen atoms in total. The molecule has 6 heteroatoms. The summed E-state index contributed by atoms with van der Waals surface area (Å²) in [5.41, 5.74) is 0. The molecule has 0 bridgehead atoms. The monoisotopic (exact) mass is 263 g/mol. The molecule has 1 fully saturated rings. The SMILES string of the molecule is CN1CCN(c2ccncn2)C[C@@H](C(=O)N(C)C)C1. The number of likely N-dealkylation sites (N-methyl/N-ethyl adjacent to an activating group) is 1. The summed E-state index contributed by atoms with van der Waals surface area (Å²) >= 11 is 0. The van der Waals surface area contributed by atoms with Crippen LogP contribution in [0.5, 0.6) is 0 Å². The molecule has 1 aliphatic rings. The van der Waals surface area contributed by atoms with Gasteiger partial charge in [-0.25, -0.2) is 9.97 Å². The number of nitrogens with zero attached hydrogens (tertiary/aromatic N) is 5. The molecule has 2 heterocycles. The minimum atomic E-state index is -0.0162. The van der Waals surface area contributed by atoms with E-state index in [1.165, 1.54) is 0 Å². The zero-order valence-corrected chi connectivity index (χ0v) is 11.8. The highest BCUT2D eigenvalue weighted by atomic mass is 16.2. The fourth-order valence-corrected chi connectivity index (χ4v) is 2.37. The van der Waals surface area contributed by atoms with Crippen molar-refractivity contribution in [3.8, 4) is 0 Å². The summed E-state index contributed by atoms with van der Waals surface area (Å²) in [6.45, 7) is 3.31.